The minimum atomic E-state index is -3.14. The minimum absolute atomic E-state index is 0.0131. The molecule has 3 atom stereocenters. The molecule has 3 aromatic carbocycles. The highest BCUT2D eigenvalue weighted by Gasteiger charge is 2.38. The van der Waals surface area contributed by atoms with E-state index in [9.17, 15) is 33.5 Å². The molecule has 0 radical (unpaired) electrons. The lowest BCUT2D eigenvalue weighted by molar-refractivity contribution is -0.605. The normalized spacial score (nSPS) is 19.3. The maximum absolute atomic E-state index is 14.1. The summed E-state index contributed by atoms with van der Waals surface area (Å²) in [6, 6.07) is 14.1. The second-order valence-corrected chi connectivity index (χ2v) is 15.9. The van der Waals surface area contributed by atoms with E-state index >= 15 is 0 Å². The summed E-state index contributed by atoms with van der Waals surface area (Å²) in [6.07, 6.45) is 3.51. The molecule has 60 heavy (non-hydrogen) atoms. The highest BCUT2D eigenvalue weighted by atomic mass is 35.5. The molecule has 1 aliphatic carbocycles. The molecule has 2 N–H and O–H groups in total. The summed E-state index contributed by atoms with van der Waals surface area (Å²) in [7, 11) is 1.52. The Balaban J connectivity index is 1.20. The van der Waals surface area contributed by atoms with E-state index in [0.29, 0.717) is 22.6 Å². The Morgan fingerprint density at radius 2 is 1.65 bits per heavy atom. The van der Waals surface area contributed by atoms with E-state index in [1.165, 1.54) is 37.4 Å². The van der Waals surface area contributed by atoms with Gasteiger partial charge in [-0.25, -0.2) is 9.59 Å². The molecule has 0 amide bonds. The van der Waals surface area contributed by atoms with Crippen molar-refractivity contribution in [2.75, 3.05) is 38.7 Å². The quantitative estimate of drug-likeness (QED) is 0.0574. The molecule has 1 aromatic heterocycles. The average molecular weight is 871 g/mol. The van der Waals surface area contributed by atoms with Crippen LogP contribution in [-0.4, -0.2) is 74.0 Å². The molecule has 3 saturated heterocycles. The fourth-order valence-electron chi connectivity index (χ4n) is 7.61. The van der Waals surface area contributed by atoms with Crippen LogP contribution in [0.25, 0.3) is 0 Å². The Hall–Kier alpha value is -5.38. The molecule has 4 aliphatic rings. The third-order valence-electron chi connectivity index (χ3n) is 11.0. The molecule has 17 heteroatoms. The van der Waals surface area contributed by atoms with Gasteiger partial charge in [0.05, 0.1) is 25.7 Å². The smallest absolute Gasteiger partial charge is 0.387 e. The Kier molecular flexibility index (Phi) is 13.5. The number of ether oxygens (including phenoxy) is 5. The zero-order chi connectivity index (χ0) is 42.5. The number of piperidine rings is 3. The number of nitrogens with one attached hydrogen (secondary N) is 1. The fraction of sp³-hybridized carbons (Fsp3) is 0.395. The van der Waals surface area contributed by atoms with Gasteiger partial charge in [0.25, 0.3) is 0 Å². The van der Waals surface area contributed by atoms with Crippen LogP contribution in [0.4, 0.5) is 14.5 Å². The molecule has 318 valence electrons. The van der Waals surface area contributed by atoms with E-state index in [2.05, 4.69) is 10.2 Å². The topological polar surface area (TPSA) is 160 Å². The van der Waals surface area contributed by atoms with Crippen molar-refractivity contribution in [1.82, 2.24) is 4.90 Å². The fourth-order valence-corrected chi connectivity index (χ4v) is 8.21. The molecule has 0 spiro atoms. The standard InChI is InChI=1S/C43H43Cl2F2N3O10/c1-56-28-10-7-26(8-11-28)40(42(54)59-38-22-49-15-13-25(38)14-16-49)48-34-4-2-3-29(41(52)53)30(34)19-39(51)58-36(18-31-32(44)20-50(55)21-33(31)45)27-9-12-35(60-43(46)47)37(17-27)57-23-24-5-6-24/h2-4,7-12,17,20-21,24-25,36,38,40,43,48H,5-6,13-16,18-19,22-23H2,1H3,(H,52,53)/t36-,38-,40?/m0/s1. The summed E-state index contributed by atoms with van der Waals surface area (Å²) in [4.78, 5) is 43.2. The SMILES string of the molecule is COc1ccc(C(Nc2cccc(C(=O)O)c2CC(=O)O[C@@H](Cc2c(Cl)c[n+]([O-])cc2Cl)c2ccc(OC(F)F)c(OCC3CC3)c2)C(=O)O[C@H]2CN3CCC2CC3)cc1. The van der Waals surface area contributed by atoms with Crippen molar-refractivity contribution in [2.45, 2.75) is 63.4 Å². The van der Waals surface area contributed by atoms with Gasteiger partial charge in [0, 0.05) is 29.8 Å². The first-order valence-corrected chi connectivity index (χ1v) is 20.3. The highest BCUT2D eigenvalue weighted by Crippen LogP contribution is 2.39. The Bertz CT molecular complexity index is 2180. The van der Waals surface area contributed by atoms with Crippen molar-refractivity contribution in [3.05, 3.63) is 116 Å². The number of anilines is 1. The number of hydrogen-bond acceptors (Lipinski definition) is 11. The summed E-state index contributed by atoms with van der Waals surface area (Å²) >= 11 is 12.9. The predicted octanol–water partition coefficient (Wildman–Crippen LogP) is 7.58. The molecule has 4 aromatic rings. The van der Waals surface area contributed by atoms with Gasteiger partial charge in [-0.05, 0) is 98.1 Å². The zero-order valence-corrected chi connectivity index (χ0v) is 34.0. The van der Waals surface area contributed by atoms with E-state index in [-0.39, 0.29) is 80.5 Å². The van der Waals surface area contributed by atoms with Gasteiger partial charge < -0.3 is 39.3 Å². The summed E-state index contributed by atoms with van der Waals surface area (Å²) in [5.41, 5.74) is 0.974. The largest absolute Gasteiger partial charge is 0.619 e. The van der Waals surface area contributed by atoms with Crippen molar-refractivity contribution < 1.29 is 56.7 Å². The maximum atomic E-state index is 14.1. The first-order chi connectivity index (χ1) is 28.8. The number of benzene rings is 3. The maximum Gasteiger partial charge on any atom is 0.387 e. The predicted molar refractivity (Wildman–Crippen MR) is 215 cm³/mol. The average Bonchev–Trinajstić information content (AvgIpc) is 4.06. The van der Waals surface area contributed by atoms with Gasteiger partial charge >= 0.3 is 24.5 Å². The van der Waals surface area contributed by atoms with Crippen LogP contribution in [0.15, 0.2) is 73.1 Å². The van der Waals surface area contributed by atoms with E-state index in [0.717, 1.165) is 51.2 Å². The van der Waals surface area contributed by atoms with Crippen LogP contribution in [0.1, 0.15) is 70.4 Å². The third kappa shape index (κ3) is 10.5. The number of carbonyl (C=O) groups is 3. The van der Waals surface area contributed by atoms with Crippen LogP contribution in [0.2, 0.25) is 10.0 Å². The molecule has 8 rings (SSSR count). The highest BCUT2D eigenvalue weighted by molar-refractivity contribution is 6.35. The Labute approximate surface area is 354 Å². The molecule has 1 saturated carbocycles. The molecule has 3 aliphatic heterocycles. The number of esters is 2. The second-order valence-electron chi connectivity index (χ2n) is 15.1. The lowest BCUT2D eigenvalue weighted by Gasteiger charge is -2.44. The van der Waals surface area contributed by atoms with Gasteiger partial charge in [0.2, 0.25) is 0 Å². The van der Waals surface area contributed by atoms with Crippen molar-refractivity contribution in [2.24, 2.45) is 11.8 Å². The summed E-state index contributed by atoms with van der Waals surface area (Å²) in [5.74, 6) is -2.03. The number of aromatic nitrogens is 1. The van der Waals surface area contributed by atoms with E-state index in [1.807, 2.05) is 0 Å². The first-order valence-electron chi connectivity index (χ1n) is 19.5. The summed E-state index contributed by atoms with van der Waals surface area (Å²) < 4.78 is 55.3. The monoisotopic (exact) mass is 869 g/mol. The van der Waals surface area contributed by atoms with Gasteiger partial charge in [0.1, 0.15) is 28.0 Å². The van der Waals surface area contributed by atoms with Crippen LogP contribution in [0.5, 0.6) is 17.2 Å². The van der Waals surface area contributed by atoms with Crippen molar-refractivity contribution in [3.63, 3.8) is 0 Å². The molecule has 4 fully saturated rings. The van der Waals surface area contributed by atoms with E-state index < -0.39 is 43.1 Å². The van der Waals surface area contributed by atoms with E-state index in [1.54, 1.807) is 30.3 Å². The van der Waals surface area contributed by atoms with Crippen molar-refractivity contribution in [1.29, 1.82) is 0 Å². The number of nitrogens with zero attached hydrogens (tertiary/aromatic N) is 2. The Morgan fingerprint density at radius 3 is 2.27 bits per heavy atom. The second kappa shape index (κ2) is 18.9. The number of aromatic carboxylic acids is 1. The number of halogens is 4. The molecular formula is C43H43Cl2F2N3O10. The van der Waals surface area contributed by atoms with Gasteiger partial charge in [-0.15, -0.1) is 0 Å². The van der Waals surface area contributed by atoms with Crippen LogP contribution in [0, 0.1) is 17.0 Å². The number of methoxy groups -OCH3 is 1. The number of rotatable bonds is 18. The zero-order valence-electron chi connectivity index (χ0n) is 32.5. The van der Waals surface area contributed by atoms with Crippen LogP contribution < -0.4 is 24.3 Å². The molecule has 2 bridgehead atoms. The molecular weight excluding hydrogens is 827 g/mol. The lowest BCUT2D eigenvalue weighted by atomic mass is 9.86. The Morgan fingerprint density at radius 1 is 0.950 bits per heavy atom. The first kappa shape index (κ1) is 42.7. The number of fused-ring (bicyclic) bond motifs is 3. The van der Waals surface area contributed by atoms with E-state index in [4.69, 9.17) is 46.9 Å². The van der Waals surface area contributed by atoms with Gasteiger partial charge in [-0.3, -0.25) is 9.69 Å². The van der Waals surface area contributed by atoms with Gasteiger partial charge in [-0.2, -0.15) is 13.5 Å². The lowest BCUT2D eigenvalue weighted by Crippen LogP contribution is -2.52. The number of carboxylic acids is 1. The number of carboxylic acid groups (broad SMARTS) is 1. The number of hydrogen-bond donors (Lipinski definition) is 2. The number of carbonyl (C=O) groups excluding carboxylic acids is 2. The van der Waals surface area contributed by atoms with Crippen LogP contribution in [-0.2, 0) is 31.9 Å². The van der Waals surface area contributed by atoms with Crippen molar-refractivity contribution in [3.8, 4) is 17.2 Å². The van der Waals surface area contributed by atoms with Crippen LogP contribution in [0.3, 0.4) is 0 Å². The number of alkyl halides is 2. The molecule has 13 nitrogen and oxygen atoms in total. The third-order valence-corrected chi connectivity index (χ3v) is 11.7. The van der Waals surface area contributed by atoms with Crippen molar-refractivity contribution >= 4 is 46.8 Å². The molecule has 4 heterocycles. The van der Waals surface area contributed by atoms with Gasteiger partial charge in [0.15, 0.2) is 29.9 Å². The molecule has 1 unspecified atom stereocenters. The summed E-state index contributed by atoms with van der Waals surface area (Å²) in [6.45, 7) is -0.386. The van der Waals surface area contributed by atoms with Crippen LogP contribution >= 0.6 is 23.2 Å². The van der Waals surface area contributed by atoms with Gasteiger partial charge in [-0.1, -0.05) is 47.5 Å². The number of pyridine rings is 1. The summed E-state index contributed by atoms with van der Waals surface area (Å²) in [5, 5.41) is 25.5. The minimum Gasteiger partial charge on any atom is -0.619 e.